The van der Waals surface area contributed by atoms with Gasteiger partial charge in [-0.3, -0.25) is 0 Å². The SMILES string of the molecule is CCCCS(=O)(=O)n1cnnn1. The van der Waals surface area contributed by atoms with Crippen molar-refractivity contribution < 1.29 is 8.42 Å². The van der Waals surface area contributed by atoms with Crippen LogP contribution in [0.5, 0.6) is 0 Å². The average Bonchev–Trinajstić information content (AvgIpc) is 2.53. The molecule has 0 aliphatic rings. The highest BCUT2D eigenvalue weighted by Crippen LogP contribution is 1.97. The van der Waals surface area contributed by atoms with Crippen LogP contribution >= 0.6 is 0 Å². The third-order valence-electron chi connectivity index (χ3n) is 1.37. The van der Waals surface area contributed by atoms with Gasteiger partial charge in [0.1, 0.15) is 0 Å². The van der Waals surface area contributed by atoms with Gasteiger partial charge in [0, 0.05) is 0 Å². The lowest BCUT2D eigenvalue weighted by atomic mass is 10.4. The van der Waals surface area contributed by atoms with Crippen molar-refractivity contribution in [3.8, 4) is 0 Å². The van der Waals surface area contributed by atoms with Gasteiger partial charge in [-0.1, -0.05) is 13.3 Å². The molecule has 1 aromatic rings. The zero-order valence-corrected chi connectivity index (χ0v) is 7.53. The van der Waals surface area contributed by atoms with Crippen LogP contribution in [0, 0.1) is 0 Å². The maximum absolute atomic E-state index is 11.3. The average molecular weight is 190 g/mol. The Balaban J connectivity index is 2.74. The molecule has 68 valence electrons. The van der Waals surface area contributed by atoms with E-state index in [1.807, 2.05) is 6.92 Å². The molecule has 0 saturated heterocycles. The zero-order chi connectivity index (χ0) is 9.03. The van der Waals surface area contributed by atoms with E-state index in [4.69, 9.17) is 0 Å². The van der Waals surface area contributed by atoms with E-state index >= 15 is 0 Å². The standard InChI is InChI=1S/C5H10N4O2S/c1-2-3-4-12(10,11)9-5-6-7-8-9/h5H,2-4H2,1H3. The van der Waals surface area contributed by atoms with Crippen molar-refractivity contribution in [2.24, 2.45) is 0 Å². The number of hydrogen-bond acceptors (Lipinski definition) is 5. The Bertz CT molecular complexity index is 317. The summed E-state index contributed by atoms with van der Waals surface area (Å²) in [6.45, 7) is 1.93. The Morgan fingerprint density at radius 3 is 2.75 bits per heavy atom. The summed E-state index contributed by atoms with van der Waals surface area (Å²) >= 11 is 0. The molecule has 0 atom stereocenters. The van der Waals surface area contributed by atoms with E-state index in [9.17, 15) is 8.42 Å². The topological polar surface area (TPSA) is 77.7 Å². The zero-order valence-electron chi connectivity index (χ0n) is 6.71. The lowest BCUT2D eigenvalue weighted by Crippen LogP contribution is -2.17. The number of hydrogen-bond donors (Lipinski definition) is 0. The highest BCUT2D eigenvalue weighted by atomic mass is 32.2. The van der Waals surface area contributed by atoms with Gasteiger partial charge in [-0.05, 0) is 16.8 Å². The van der Waals surface area contributed by atoms with E-state index in [0.717, 1.165) is 16.8 Å². The quantitative estimate of drug-likeness (QED) is 0.648. The Kier molecular flexibility index (Phi) is 2.74. The van der Waals surface area contributed by atoms with E-state index in [2.05, 4.69) is 15.5 Å². The summed E-state index contributed by atoms with van der Waals surface area (Å²) < 4.78 is 23.3. The second-order valence-corrected chi connectivity index (χ2v) is 4.30. The normalized spacial score (nSPS) is 11.8. The van der Waals surface area contributed by atoms with Crippen LogP contribution in [0.25, 0.3) is 0 Å². The van der Waals surface area contributed by atoms with Crippen LogP contribution < -0.4 is 0 Å². The predicted molar refractivity (Wildman–Crippen MR) is 41.9 cm³/mol. The van der Waals surface area contributed by atoms with E-state index in [0.29, 0.717) is 6.42 Å². The molecule has 0 N–H and O–H groups in total. The lowest BCUT2D eigenvalue weighted by Gasteiger charge is -1.99. The Hall–Kier alpha value is -0.980. The Labute approximate surface area is 70.6 Å². The second-order valence-electron chi connectivity index (χ2n) is 2.35. The highest BCUT2D eigenvalue weighted by molar-refractivity contribution is 7.89. The smallest absolute Gasteiger partial charge is 0.205 e. The van der Waals surface area contributed by atoms with Gasteiger partial charge >= 0.3 is 0 Å². The summed E-state index contributed by atoms with van der Waals surface area (Å²) in [7, 11) is -3.30. The van der Waals surface area contributed by atoms with Gasteiger partial charge in [0.2, 0.25) is 0 Å². The fourth-order valence-corrected chi connectivity index (χ4v) is 1.87. The van der Waals surface area contributed by atoms with Crippen molar-refractivity contribution in [2.75, 3.05) is 5.75 Å². The fraction of sp³-hybridized carbons (Fsp3) is 0.800. The van der Waals surface area contributed by atoms with Crippen LogP contribution in [0.15, 0.2) is 6.33 Å². The molecule has 0 fully saturated rings. The van der Waals surface area contributed by atoms with Gasteiger partial charge in [-0.15, -0.1) is 9.19 Å². The molecule has 0 aromatic carbocycles. The molecule has 6 nitrogen and oxygen atoms in total. The first-order valence-corrected chi connectivity index (χ1v) is 5.24. The van der Waals surface area contributed by atoms with Crippen LogP contribution in [0.1, 0.15) is 19.8 Å². The van der Waals surface area contributed by atoms with Crippen molar-refractivity contribution in [2.45, 2.75) is 19.8 Å². The molecule has 0 bridgehead atoms. The minimum Gasteiger partial charge on any atom is -0.205 e. The van der Waals surface area contributed by atoms with Crippen LogP contribution in [0.4, 0.5) is 0 Å². The first kappa shape index (κ1) is 9.11. The third kappa shape index (κ3) is 2.00. The molecule has 0 unspecified atom stereocenters. The third-order valence-corrected chi connectivity index (χ3v) is 2.91. The molecule has 0 amide bonds. The van der Waals surface area contributed by atoms with Crippen LogP contribution in [-0.4, -0.2) is 33.8 Å². The number of tetrazole rings is 1. The van der Waals surface area contributed by atoms with Gasteiger partial charge < -0.3 is 0 Å². The van der Waals surface area contributed by atoms with Crippen molar-refractivity contribution in [3.05, 3.63) is 6.33 Å². The maximum Gasteiger partial charge on any atom is 0.256 e. The first-order valence-electron chi connectivity index (χ1n) is 3.63. The summed E-state index contributed by atoms with van der Waals surface area (Å²) in [5.74, 6) is 0.0918. The van der Waals surface area contributed by atoms with Crippen LogP contribution in [0.3, 0.4) is 0 Å². The van der Waals surface area contributed by atoms with Crippen molar-refractivity contribution >= 4 is 10.0 Å². The summed E-state index contributed by atoms with van der Waals surface area (Å²) in [6.07, 6.45) is 2.55. The van der Waals surface area contributed by atoms with E-state index in [-0.39, 0.29) is 5.75 Å². The van der Waals surface area contributed by atoms with Crippen LogP contribution in [-0.2, 0) is 10.0 Å². The maximum atomic E-state index is 11.3. The summed E-state index contributed by atoms with van der Waals surface area (Å²) in [6, 6.07) is 0. The van der Waals surface area contributed by atoms with Gasteiger partial charge in [-0.25, -0.2) is 8.42 Å². The number of rotatable bonds is 4. The molecule has 0 radical (unpaired) electrons. The van der Waals surface area contributed by atoms with E-state index in [1.165, 1.54) is 0 Å². The van der Waals surface area contributed by atoms with Gasteiger partial charge in [0.05, 0.1) is 5.75 Å². The van der Waals surface area contributed by atoms with Crippen molar-refractivity contribution in [3.63, 3.8) is 0 Å². The van der Waals surface area contributed by atoms with Crippen molar-refractivity contribution in [1.29, 1.82) is 0 Å². The number of unbranched alkanes of at least 4 members (excludes halogenated alkanes) is 1. The molecule has 1 heterocycles. The van der Waals surface area contributed by atoms with Crippen LogP contribution in [0.2, 0.25) is 0 Å². The lowest BCUT2D eigenvalue weighted by molar-refractivity contribution is 0.574. The van der Waals surface area contributed by atoms with E-state index < -0.39 is 10.0 Å². The van der Waals surface area contributed by atoms with E-state index in [1.54, 1.807) is 0 Å². The summed E-state index contributed by atoms with van der Waals surface area (Å²) in [5.41, 5.74) is 0. The number of nitrogens with zero attached hydrogens (tertiary/aromatic N) is 4. The fourth-order valence-electron chi connectivity index (χ4n) is 0.701. The summed E-state index contributed by atoms with van der Waals surface area (Å²) in [5, 5.41) is 9.81. The predicted octanol–water partition coefficient (Wildman–Crippen LogP) is -0.349. The number of aromatic nitrogens is 4. The molecule has 0 aliphatic heterocycles. The van der Waals surface area contributed by atoms with Gasteiger partial charge in [0.25, 0.3) is 10.0 Å². The molecule has 1 rings (SSSR count). The highest BCUT2D eigenvalue weighted by Gasteiger charge is 2.12. The van der Waals surface area contributed by atoms with Crippen molar-refractivity contribution in [1.82, 2.24) is 19.6 Å². The molecular weight excluding hydrogens is 180 g/mol. The molecule has 0 aliphatic carbocycles. The molecular formula is C5H10N4O2S. The minimum absolute atomic E-state index is 0.0918. The Morgan fingerprint density at radius 1 is 1.50 bits per heavy atom. The molecule has 1 aromatic heterocycles. The summed E-state index contributed by atoms with van der Waals surface area (Å²) in [4.78, 5) is 0. The molecule has 12 heavy (non-hydrogen) atoms. The van der Waals surface area contributed by atoms with Gasteiger partial charge in [-0.2, -0.15) is 0 Å². The van der Waals surface area contributed by atoms with Gasteiger partial charge in [0.15, 0.2) is 6.33 Å². The molecule has 0 spiro atoms. The molecule has 7 heteroatoms. The molecule has 0 saturated carbocycles. The monoisotopic (exact) mass is 190 g/mol. The minimum atomic E-state index is -3.30. The first-order chi connectivity index (χ1) is 5.67. The second kappa shape index (κ2) is 3.61. The largest absolute Gasteiger partial charge is 0.256 e. The Morgan fingerprint density at radius 2 is 2.25 bits per heavy atom.